The molecule has 4 aliphatic rings. The largest absolute Gasteiger partial charge is 0.492 e. The van der Waals surface area contributed by atoms with Crippen LogP contribution in [0.1, 0.15) is 98.6 Å². The van der Waals surface area contributed by atoms with Gasteiger partial charge in [0.25, 0.3) is 0 Å². The van der Waals surface area contributed by atoms with E-state index >= 15 is 0 Å². The Morgan fingerprint density at radius 1 is 1.02 bits per heavy atom. The number of amides is 1. The number of nitrogens with zero attached hydrogens (tertiary/aromatic N) is 5. The summed E-state index contributed by atoms with van der Waals surface area (Å²) >= 11 is 0. The van der Waals surface area contributed by atoms with Crippen LogP contribution in [0.25, 0.3) is 16.7 Å². The molecule has 0 radical (unpaired) electrons. The Labute approximate surface area is 348 Å². The molecule has 1 saturated heterocycles. The van der Waals surface area contributed by atoms with E-state index in [4.69, 9.17) is 24.3 Å². The molecule has 1 aliphatic heterocycles. The van der Waals surface area contributed by atoms with Gasteiger partial charge in [-0.05, 0) is 93.5 Å². The zero-order chi connectivity index (χ0) is 42.4. The number of rotatable bonds is 18. The molecule has 1 aromatic carbocycles. The predicted octanol–water partition coefficient (Wildman–Crippen LogP) is 6.76. The molecule has 3 unspecified atom stereocenters. The number of aromatic nitrogens is 3. The Hall–Kier alpha value is -4.52. The van der Waals surface area contributed by atoms with Crippen molar-refractivity contribution in [3.05, 3.63) is 42.2 Å². The summed E-state index contributed by atoms with van der Waals surface area (Å²) in [6.07, 6.45) is 5.94. The first-order valence-electron chi connectivity index (χ1n) is 21.6. The quantitative estimate of drug-likeness (QED) is 0.136. The first-order valence-corrected chi connectivity index (χ1v) is 21.6. The van der Waals surface area contributed by atoms with Crippen LogP contribution in [0.15, 0.2) is 36.5 Å². The molecule has 0 bridgehead atoms. The molecule has 3 aliphatic carbocycles. The normalized spacial score (nSPS) is 26.6. The molecule has 4 fully saturated rings. The summed E-state index contributed by atoms with van der Waals surface area (Å²) in [7, 11) is 3.98. The minimum Gasteiger partial charge on any atom is -0.492 e. The Bertz CT molecular complexity index is 2050. The molecule has 7 rings (SSSR count). The third-order valence-electron chi connectivity index (χ3n) is 13.1. The fourth-order valence-corrected chi connectivity index (χ4v) is 9.46. The molecule has 3 saturated carbocycles. The van der Waals surface area contributed by atoms with E-state index in [0.717, 1.165) is 36.9 Å². The van der Waals surface area contributed by atoms with Crippen molar-refractivity contribution in [2.24, 2.45) is 40.4 Å². The number of ether oxygens (including phenoxy) is 3. The van der Waals surface area contributed by atoms with Crippen LogP contribution in [0.4, 0.5) is 0 Å². The van der Waals surface area contributed by atoms with Gasteiger partial charge in [-0.1, -0.05) is 48.0 Å². The maximum atomic E-state index is 14.8. The topological polar surface area (TPSA) is 153 Å². The van der Waals surface area contributed by atoms with E-state index in [1.165, 1.54) is 6.42 Å². The van der Waals surface area contributed by atoms with E-state index in [-0.39, 0.29) is 49.5 Å². The Morgan fingerprint density at radius 3 is 2.41 bits per heavy atom. The smallest absolute Gasteiger partial charge is 0.310 e. The monoisotopic (exact) mass is 813 g/mol. The van der Waals surface area contributed by atoms with Gasteiger partial charge in [-0.25, -0.2) is 9.67 Å². The number of pyridine rings is 1. The minimum absolute atomic E-state index is 0.0886. The van der Waals surface area contributed by atoms with E-state index in [1.54, 1.807) is 9.58 Å². The van der Waals surface area contributed by atoms with Crippen LogP contribution in [0, 0.1) is 40.4 Å². The second-order valence-corrected chi connectivity index (χ2v) is 19.5. The van der Waals surface area contributed by atoms with Crippen LogP contribution < -0.4 is 9.47 Å². The third kappa shape index (κ3) is 9.60. The van der Waals surface area contributed by atoms with Crippen LogP contribution >= 0.6 is 0 Å². The van der Waals surface area contributed by atoms with Crippen LogP contribution in [-0.4, -0.2) is 105 Å². The fraction of sp³-hybridized carbons (Fsp3) is 0.652. The zero-order valence-electron chi connectivity index (χ0n) is 36.1. The van der Waals surface area contributed by atoms with Gasteiger partial charge < -0.3 is 29.1 Å². The average molecular weight is 814 g/mol. The standard InChI is InChI=1S/C46H63N5O8/c1-9-30-24-46(30,44(55)56)25-39(52)38-21-34(26-50(38)43(54)36(45(4,5)6)22-42(53)59-33-18-28-17-29(28)19-33)58-40-23-41(51-13-12-31(48-51)16-27(2)3)47-37-20-32(10-11-35(37)40)57-15-14-49(7)8/h10-13,20,23,27-30,33-34,36,38H,9,14-19,21-22,24-26H2,1-8H3,(H,55,56)/t28-,29?,30+,33?,34+,36+,38-,46?/m0/s1. The molecule has 1 amide bonds. The highest BCUT2D eigenvalue weighted by molar-refractivity contribution is 5.95. The summed E-state index contributed by atoms with van der Waals surface area (Å²) in [6, 6.07) is 8.56. The van der Waals surface area contributed by atoms with E-state index < -0.39 is 40.8 Å². The number of hydrogen-bond acceptors (Lipinski definition) is 10. The fourth-order valence-electron chi connectivity index (χ4n) is 9.46. The number of esters is 1. The van der Waals surface area contributed by atoms with E-state index in [0.29, 0.717) is 60.0 Å². The van der Waals surface area contributed by atoms with Crippen molar-refractivity contribution in [2.45, 2.75) is 118 Å². The second-order valence-electron chi connectivity index (χ2n) is 19.5. The van der Waals surface area contributed by atoms with Gasteiger partial charge in [-0.3, -0.25) is 19.2 Å². The molecule has 59 heavy (non-hydrogen) atoms. The number of benzene rings is 1. The molecule has 13 nitrogen and oxygen atoms in total. The highest BCUT2D eigenvalue weighted by Gasteiger charge is 2.61. The lowest BCUT2D eigenvalue weighted by Gasteiger charge is -2.35. The molecule has 13 heteroatoms. The van der Waals surface area contributed by atoms with Gasteiger partial charge in [0, 0.05) is 43.1 Å². The van der Waals surface area contributed by atoms with Crippen molar-refractivity contribution in [1.82, 2.24) is 24.6 Å². The Kier molecular flexibility index (Phi) is 12.2. The number of carboxylic acids is 1. The lowest BCUT2D eigenvalue weighted by atomic mass is 9.77. The molecular formula is C46H63N5O8. The summed E-state index contributed by atoms with van der Waals surface area (Å²) < 4.78 is 20.5. The summed E-state index contributed by atoms with van der Waals surface area (Å²) in [5, 5.41) is 15.8. The van der Waals surface area contributed by atoms with Gasteiger partial charge in [0.05, 0.1) is 41.6 Å². The second kappa shape index (κ2) is 16.9. The summed E-state index contributed by atoms with van der Waals surface area (Å²) in [5.41, 5.74) is -0.190. The van der Waals surface area contributed by atoms with Gasteiger partial charge in [-0.15, -0.1) is 0 Å². The van der Waals surface area contributed by atoms with Crippen molar-refractivity contribution in [2.75, 3.05) is 33.8 Å². The van der Waals surface area contributed by atoms with Crippen LogP contribution in [0.3, 0.4) is 0 Å². The molecule has 2 aromatic heterocycles. The number of carboxylic acid groups (broad SMARTS) is 1. The van der Waals surface area contributed by atoms with Crippen molar-refractivity contribution in [3.8, 4) is 17.3 Å². The SMILES string of the molecule is CC[C@@H]1CC1(CC(=O)[C@@H]1C[C@@H](Oc2cc(-n3ccc(CC(C)C)n3)nc3cc(OCCN(C)C)ccc23)CN1C(=O)[C@@H](CC(=O)OC1CC2C[C@H]2C1)C(C)(C)C)C(=O)O. The highest BCUT2D eigenvalue weighted by Crippen LogP contribution is 2.58. The lowest BCUT2D eigenvalue weighted by molar-refractivity contribution is -0.157. The average Bonchev–Trinajstić information content (AvgIpc) is 3.83. The number of aliphatic carboxylic acids is 1. The van der Waals surface area contributed by atoms with Crippen LogP contribution in [-0.2, 0) is 30.3 Å². The maximum absolute atomic E-state index is 14.8. The summed E-state index contributed by atoms with van der Waals surface area (Å²) in [4.78, 5) is 63.8. The lowest BCUT2D eigenvalue weighted by Crippen LogP contribution is -2.48. The number of carbonyl (C=O) groups excluding carboxylic acids is 3. The van der Waals surface area contributed by atoms with Gasteiger partial charge >= 0.3 is 11.9 Å². The van der Waals surface area contributed by atoms with E-state index in [1.807, 2.05) is 83.2 Å². The van der Waals surface area contributed by atoms with E-state index in [2.05, 4.69) is 13.8 Å². The number of Topliss-reactive ketones (excluding diaryl/α,β-unsaturated/α-hetero) is 1. The molecule has 3 aromatic rings. The minimum atomic E-state index is -1.13. The van der Waals surface area contributed by atoms with Crippen molar-refractivity contribution in [1.29, 1.82) is 0 Å². The van der Waals surface area contributed by atoms with Crippen molar-refractivity contribution >= 4 is 34.5 Å². The Balaban J connectivity index is 1.19. The Morgan fingerprint density at radius 2 is 1.76 bits per heavy atom. The predicted molar refractivity (Wildman–Crippen MR) is 222 cm³/mol. The first kappa shape index (κ1) is 42.6. The molecule has 0 spiro atoms. The highest BCUT2D eigenvalue weighted by atomic mass is 16.5. The van der Waals surface area contributed by atoms with Crippen LogP contribution in [0.5, 0.6) is 11.5 Å². The first-order chi connectivity index (χ1) is 27.9. The number of likely N-dealkylation sites (N-methyl/N-ethyl adjacent to an activating group) is 1. The van der Waals surface area contributed by atoms with Crippen LogP contribution in [0.2, 0.25) is 0 Å². The number of fused-ring (bicyclic) bond motifs is 2. The summed E-state index contributed by atoms with van der Waals surface area (Å²) in [5.74, 6) is 0.574. The number of ketones is 1. The molecule has 8 atom stereocenters. The number of carbonyl (C=O) groups is 4. The third-order valence-corrected chi connectivity index (χ3v) is 13.1. The van der Waals surface area contributed by atoms with E-state index in [9.17, 15) is 24.3 Å². The maximum Gasteiger partial charge on any atom is 0.310 e. The van der Waals surface area contributed by atoms with Crippen molar-refractivity contribution in [3.63, 3.8) is 0 Å². The summed E-state index contributed by atoms with van der Waals surface area (Å²) in [6.45, 7) is 13.3. The molecule has 320 valence electrons. The number of hydrogen-bond donors (Lipinski definition) is 1. The van der Waals surface area contributed by atoms with Gasteiger partial charge in [0.2, 0.25) is 5.91 Å². The van der Waals surface area contributed by atoms with Gasteiger partial charge in [0.1, 0.15) is 30.3 Å². The van der Waals surface area contributed by atoms with Crippen molar-refractivity contribution < 1.29 is 38.5 Å². The van der Waals surface area contributed by atoms with Gasteiger partial charge in [-0.2, -0.15) is 5.10 Å². The van der Waals surface area contributed by atoms with Gasteiger partial charge in [0.15, 0.2) is 11.6 Å². The number of likely N-dealkylation sites (tertiary alicyclic amines) is 1. The molecule has 1 N–H and O–H groups in total. The molecule has 3 heterocycles. The zero-order valence-corrected chi connectivity index (χ0v) is 36.1. The molecular weight excluding hydrogens is 751 g/mol.